The van der Waals surface area contributed by atoms with Crippen molar-refractivity contribution in [3.05, 3.63) is 0 Å². The summed E-state index contributed by atoms with van der Waals surface area (Å²) in [6.07, 6.45) is 12.1. The third-order valence-electron chi connectivity index (χ3n) is 28.9. The van der Waals surface area contributed by atoms with E-state index in [1.165, 1.54) is 104 Å². The number of nitrogens with one attached hydrogen (secondary N) is 1. The van der Waals surface area contributed by atoms with Crippen molar-refractivity contribution in [1.29, 1.82) is 0 Å². The maximum atomic E-state index is 8.96. The van der Waals surface area contributed by atoms with Gasteiger partial charge in [-0.2, -0.15) is 0 Å². The molecule has 32 unspecified atom stereocenters. The number of aliphatic hydroxyl groups is 6. The fourth-order valence-electron chi connectivity index (χ4n) is 13.1. The first-order chi connectivity index (χ1) is 50.1. The highest BCUT2D eigenvalue weighted by molar-refractivity contribution is 6.40. The van der Waals surface area contributed by atoms with Crippen LogP contribution in [0.4, 0.5) is 0 Å². The van der Waals surface area contributed by atoms with Gasteiger partial charge in [-0.1, -0.05) is 402 Å². The van der Waals surface area contributed by atoms with E-state index in [0.717, 1.165) is 166 Å². The second kappa shape index (κ2) is 95.4. The van der Waals surface area contributed by atoms with Crippen LogP contribution in [0.5, 0.6) is 0 Å². The number of hydrogen-bond donors (Lipinski definition) is 9. The van der Waals surface area contributed by atoms with Crippen LogP contribution in [0.15, 0.2) is 0 Å². The Morgan fingerprint density at radius 3 is 0.312 bits per heavy atom. The van der Waals surface area contributed by atoms with Gasteiger partial charge in [0.25, 0.3) is 0 Å². The lowest BCUT2D eigenvalue weighted by molar-refractivity contribution is -0.123. The van der Waals surface area contributed by atoms with Gasteiger partial charge >= 0.3 is 0 Å². The van der Waals surface area contributed by atoms with Crippen LogP contribution in [0.25, 0.3) is 0 Å². The van der Waals surface area contributed by atoms with Crippen LogP contribution >= 0.6 is 23.2 Å². The minimum Gasteiger partial charge on any atom is -0.394 e. The maximum Gasteiger partial charge on any atom is 0.111 e. The Bertz CT molecular complexity index is 1180. The van der Waals surface area contributed by atoms with E-state index in [1.54, 1.807) is 0 Å². The lowest BCUT2D eigenvalue weighted by atomic mass is 9.77. The molecule has 0 aliphatic rings. The summed E-state index contributed by atoms with van der Waals surface area (Å²) < 4.78 is 0. The Hall–Kier alpha value is 0.220. The van der Waals surface area contributed by atoms with Crippen molar-refractivity contribution in [3.8, 4) is 0 Å². The van der Waals surface area contributed by atoms with Gasteiger partial charge in [0.15, 0.2) is 0 Å². The zero-order valence-electron chi connectivity index (χ0n) is 83.6. The summed E-state index contributed by atoms with van der Waals surface area (Å²) in [5.74, 6) is 24.7. The molecular formula is C98H225Cl2N3O6. The Morgan fingerprint density at radius 1 is 0.220 bits per heavy atom. The van der Waals surface area contributed by atoms with Crippen LogP contribution in [0.2, 0.25) is 0 Å². The molecule has 0 saturated heterocycles. The van der Waals surface area contributed by atoms with Crippen molar-refractivity contribution in [2.24, 2.45) is 177 Å². The van der Waals surface area contributed by atoms with Gasteiger partial charge in [-0.05, 0) is 194 Å². The lowest BCUT2D eigenvalue weighted by Crippen LogP contribution is -2.46. The van der Waals surface area contributed by atoms with Crippen LogP contribution in [0, 0.1) is 166 Å². The fourth-order valence-corrected chi connectivity index (χ4v) is 13.1. The van der Waals surface area contributed by atoms with Crippen molar-refractivity contribution in [1.82, 2.24) is 5.32 Å². The molecule has 0 aromatic heterocycles. The summed E-state index contributed by atoms with van der Waals surface area (Å²) >= 11 is 9.53. The highest BCUT2D eigenvalue weighted by Crippen LogP contribution is 2.35. The highest BCUT2D eigenvalue weighted by Gasteiger charge is 2.30. The molecule has 0 radical (unpaired) electrons. The van der Waals surface area contributed by atoms with E-state index in [4.69, 9.17) is 53.8 Å². The van der Waals surface area contributed by atoms with Crippen LogP contribution in [0.1, 0.15) is 402 Å². The minimum atomic E-state index is -1.67. The number of nitrogens with two attached hydrogens (primary N) is 2. The smallest absolute Gasteiger partial charge is 0.111 e. The predicted octanol–water partition coefficient (Wildman–Crippen LogP) is 28.9. The SMILES string of the molecule is C.CC.CCC(C)C(C)C(C)C(C)CC.CCC(C)C(C)C(C)C(C)CC.CCC(C)C(C)C(C)C(C)CC.CCC(C)C(C)C(C)C(C)CC.CCC(C)C(C)C(C)C(C)CC.CCC(C)C(C)C(C)C(C)CC.CCC(C)C(C)C(C)C(C)CC.CN.CN.CNC.ClCCl.OCC(O)C(O)C(O)C(O)CO. The fraction of sp³-hybridized carbons (Fsp3) is 1.00. The van der Waals surface area contributed by atoms with Gasteiger partial charge in [-0.15, -0.1) is 23.2 Å². The van der Waals surface area contributed by atoms with E-state index < -0.39 is 37.6 Å². The first kappa shape index (κ1) is 141. The number of hydrogen-bond acceptors (Lipinski definition) is 9. The molecule has 0 fully saturated rings. The first-order valence-corrected chi connectivity index (χ1v) is 47.0. The van der Waals surface area contributed by atoms with Gasteiger partial charge in [0.2, 0.25) is 0 Å². The van der Waals surface area contributed by atoms with Gasteiger partial charge in [-0.25, -0.2) is 0 Å². The summed E-state index contributed by atoms with van der Waals surface area (Å²) in [6.45, 7) is 102. The van der Waals surface area contributed by atoms with Gasteiger partial charge in [0.1, 0.15) is 24.4 Å². The monoisotopic (exact) mass is 1610 g/mol. The Balaban J connectivity index is -0.0000000770. The van der Waals surface area contributed by atoms with Crippen molar-refractivity contribution in [2.45, 2.75) is 426 Å². The van der Waals surface area contributed by atoms with Gasteiger partial charge in [-0.3, -0.25) is 0 Å². The third-order valence-corrected chi connectivity index (χ3v) is 28.9. The molecule has 11 heteroatoms. The summed E-state index contributed by atoms with van der Waals surface area (Å²) in [7, 11) is 6.75. The average Bonchev–Trinajstić information content (AvgIpc) is 0.981. The largest absolute Gasteiger partial charge is 0.394 e. The topological polar surface area (TPSA) is 185 Å². The summed E-state index contributed by atoms with van der Waals surface area (Å²) in [4.78, 5) is 0. The number of alkyl halides is 2. The molecule has 0 amide bonds. The number of rotatable bonds is 40. The summed E-state index contributed by atoms with van der Waals surface area (Å²) in [5.41, 5.74) is 9.00. The molecule has 0 heterocycles. The summed E-state index contributed by atoms with van der Waals surface area (Å²) in [6, 6.07) is 0. The van der Waals surface area contributed by atoms with Crippen molar-refractivity contribution >= 4 is 23.2 Å². The second-order valence-corrected chi connectivity index (χ2v) is 35.3. The quantitative estimate of drug-likeness (QED) is 0.0269. The molecule has 0 aliphatic heterocycles. The van der Waals surface area contributed by atoms with E-state index in [1.807, 2.05) is 27.9 Å². The molecule has 0 aromatic rings. The molecule has 0 aromatic carbocycles. The Kier molecular flexibility index (Phi) is 123. The molecule has 109 heavy (non-hydrogen) atoms. The zero-order valence-corrected chi connectivity index (χ0v) is 85.1. The molecule has 11 N–H and O–H groups in total. The van der Waals surface area contributed by atoms with E-state index in [9.17, 15) is 0 Å². The van der Waals surface area contributed by atoms with Crippen molar-refractivity contribution in [3.63, 3.8) is 0 Å². The van der Waals surface area contributed by atoms with E-state index in [-0.39, 0.29) is 12.8 Å². The van der Waals surface area contributed by atoms with Gasteiger partial charge in [0.05, 0.1) is 18.6 Å². The van der Waals surface area contributed by atoms with Crippen molar-refractivity contribution in [2.75, 3.05) is 46.7 Å². The molecule has 32 atom stereocenters. The van der Waals surface area contributed by atoms with Gasteiger partial charge in [0, 0.05) is 0 Å². The Labute approximate surface area is 705 Å². The van der Waals surface area contributed by atoms with Crippen LogP contribution in [0.3, 0.4) is 0 Å². The van der Waals surface area contributed by atoms with Crippen molar-refractivity contribution < 1.29 is 30.6 Å². The highest BCUT2D eigenvalue weighted by atomic mass is 35.5. The number of halogens is 2. The molecule has 9 nitrogen and oxygen atoms in total. The lowest BCUT2D eigenvalue weighted by Gasteiger charge is -2.29. The third kappa shape index (κ3) is 74.3. The van der Waals surface area contributed by atoms with Crippen LogP contribution in [-0.4, -0.2) is 102 Å². The first-order valence-electron chi connectivity index (χ1n) is 46.0. The zero-order chi connectivity index (χ0) is 89.2. The second-order valence-electron chi connectivity index (χ2n) is 34.5. The average molecular weight is 1610 g/mol. The maximum absolute atomic E-state index is 8.96. The standard InChI is InChI=1S/7C12H26.C6H14O6.C2H7N.C2H6.CH2Cl2.2CH5N.CH4/c7*1-7-9(3)11(5)12(6)10(4)8-2;7-1-3(9)5(11)6(12)4(10)2-8;1-3-2;1-2;2-1-3;2*1-2;/h7*9-12H,7-8H2,1-6H3;3-12H,1-2H2;3H,1-2H3;1-2H3;1H2;2*2H2,1H3;1H4. The number of aliphatic hydroxyl groups excluding tert-OH is 6. The summed E-state index contributed by atoms with van der Waals surface area (Å²) in [5, 5.41) is 55.1. The molecule has 0 bridgehead atoms. The molecule has 682 valence electrons. The normalized spacial score (nSPS) is 19.4. The van der Waals surface area contributed by atoms with E-state index in [0.29, 0.717) is 0 Å². The van der Waals surface area contributed by atoms with E-state index in [2.05, 4.69) is 308 Å². The molecule has 0 aliphatic carbocycles. The van der Waals surface area contributed by atoms with E-state index >= 15 is 0 Å². The molecular weight excluding hydrogens is 1390 g/mol. The molecule has 0 rings (SSSR count). The van der Waals surface area contributed by atoms with Crippen LogP contribution in [-0.2, 0) is 0 Å². The predicted molar refractivity (Wildman–Crippen MR) is 509 cm³/mol. The van der Waals surface area contributed by atoms with Gasteiger partial charge < -0.3 is 47.4 Å². The minimum absolute atomic E-state index is 0. The molecule has 0 saturated carbocycles. The van der Waals surface area contributed by atoms with Crippen LogP contribution < -0.4 is 16.8 Å². The Morgan fingerprint density at radius 2 is 0.275 bits per heavy atom. The molecule has 0 spiro atoms.